The monoisotopic (exact) mass is 438 g/mol. The van der Waals surface area contributed by atoms with Gasteiger partial charge in [-0.15, -0.1) is 0 Å². The lowest BCUT2D eigenvalue weighted by atomic mass is 9.96. The highest BCUT2D eigenvalue weighted by Gasteiger charge is 2.28. The van der Waals surface area contributed by atoms with Gasteiger partial charge in [-0.1, -0.05) is 48.9 Å². The van der Waals surface area contributed by atoms with Crippen LogP contribution < -0.4 is 0 Å². The first kappa shape index (κ1) is 22.4. The Morgan fingerprint density at radius 2 is 1.79 bits per heavy atom. The molecule has 0 radical (unpaired) electrons. The number of rotatable bonds is 8. The molecule has 1 atom stereocenters. The van der Waals surface area contributed by atoms with Gasteiger partial charge in [0.2, 0.25) is 0 Å². The summed E-state index contributed by atoms with van der Waals surface area (Å²) >= 11 is 0. The fourth-order valence-corrected chi connectivity index (χ4v) is 4.13. The zero-order valence-electron chi connectivity index (χ0n) is 19.0. The van der Waals surface area contributed by atoms with Crippen molar-refractivity contribution in [2.24, 2.45) is 0 Å². The van der Waals surface area contributed by atoms with E-state index in [4.69, 9.17) is 10.4 Å². The summed E-state index contributed by atoms with van der Waals surface area (Å²) in [5.41, 5.74) is 5.84. The third-order valence-corrected chi connectivity index (χ3v) is 6.23. The van der Waals surface area contributed by atoms with Gasteiger partial charge < -0.3 is 9.98 Å². The Hall–Kier alpha value is -3.78. The summed E-state index contributed by atoms with van der Waals surface area (Å²) in [7, 11) is 0. The number of benzene rings is 2. The molecule has 1 unspecified atom stereocenters. The summed E-state index contributed by atoms with van der Waals surface area (Å²) in [5, 5.41) is 16.5. The molecule has 0 spiro atoms. The molecule has 166 valence electrons. The van der Waals surface area contributed by atoms with Gasteiger partial charge in [-0.3, -0.25) is 0 Å². The highest BCUT2D eigenvalue weighted by atomic mass is 19.1. The van der Waals surface area contributed by atoms with Crippen LogP contribution in [0, 0.1) is 23.7 Å². The maximum atomic E-state index is 15.5. The summed E-state index contributed by atoms with van der Waals surface area (Å²) in [6, 6.07) is 21.9. The molecular formula is C28H27FN4. The number of hydrogen-bond donors (Lipinski definition) is 1. The number of nitrogens with zero attached hydrogens (tertiary/aromatic N) is 3. The average molecular weight is 439 g/mol. The van der Waals surface area contributed by atoms with Gasteiger partial charge in [0.25, 0.3) is 0 Å². The van der Waals surface area contributed by atoms with E-state index in [1.807, 2.05) is 35.9 Å². The molecule has 33 heavy (non-hydrogen) atoms. The Balaban J connectivity index is 1.86. The van der Waals surface area contributed by atoms with Crippen LogP contribution in [-0.2, 0) is 6.54 Å². The number of pyridine rings is 1. The van der Waals surface area contributed by atoms with Gasteiger partial charge in [0, 0.05) is 17.3 Å². The average Bonchev–Trinajstić information content (AvgIpc) is 3.23. The first-order valence-corrected chi connectivity index (χ1v) is 11.2. The lowest BCUT2D eigenvalue weighted by Gasteiger charge is -2.24. The van der Waals surface area contributed by atoms with E-state index >= 15 is 4.39 Å². The van der Waals surface area contributed by atoms with Crippen LogP contribution in [0.4, 0.5) is 4.39 Å². The zero-order valence-corrected chi connectivity index (χ0v) is 19.0. The number of halogens is 1. The first-order chi connectivity index (χ1) is 16.0. The first-order valence-electron chi connectivity index (χ1n) is 11.2. The van der Waals surface area contributed by atoms with Crippen LogP contribution in [0.3, 0.4) is 0 Å². The van der Waals surface area contributed by atoms with E-state index in [2.05, 4.69) is 43.3 Å². The van der Waals surface area contributed by atoms with E-state index in [1.54, 1.807) is 12.1 Å². The molecular weight excluding hydrogens is 411 g/mol. The van der Waals surface area contributed by atoms with Crippen molar-refractivity contribution in [2.45, 2.75) is 45.3 Å². The summed E-state index contributed by atoms with van der Waals surface area (Å²) in [5.74, 6) is 0. The van der Waals surface area contributed by atoms with Gasteiger partial charge in [-0.25, -0.2) is 9.37 Å². The summed E-state index contributed by atoms with van der Waals surface area (Å²) < 4.78 is 17.4. The van der Waals surface area contributed by atoms with Gasteiger partial charge in [-0.2, -0.15) is 5.26 Å². The van der Waals surface area contributed by atoms with Crippen molar-refractivity contribution < 1.29 is 4.39 Å². The SMILES string of the molecule is CCC(F)(CCC=N)Cn1ccc2nc(-c3ccc(C)cc3)c(-c3ccc(C#N)cc3)cc21. The Bertz CT molecular complexity index is 1310. The van der Waals surface area contributed by atoms with Crippen LogP contribution in [0.25, 0.3) is 33.4 Å². The van der Waals surface area contributed by atoms with E-state index in [-0.39, 0.29) is 6.54 Å². The molecule has 2 aromatic heterocycles. The molecule has 0 fully saturated rings. The van der Waals surface area contributed by atoms with Crippen LogP contribution >= 0.6 is 0 Å². The van der Waals surface area contributed by atoms with Crippen molar-refractivity contribution in [3.8, 4) is 28.5 Å². The maximum absolute atomic E-state index is 15.5. The predicted octanol–water partition coefficient (Wildman–Crippen LogP) is 7.10. The van der Waals surface area contributed by atoms with Gasteiger partial charge in [0.1, 0.15) is 5.67 Å². The minimum atomic E-state index is -1.38. The molecule has 0 saturated carbocycles. The Morgan fingerprint density at radius 1 is 1.09 bits per heavy atom. The predicted molar refractivity (Wildman–Crippen MR) is 132 cm³/mol. The molecule has 2 aromatic carbocycles. The van der Waals surface area contributed by atoms with Crippen molar-refractivity contribution in [3.63, 3.8) is 0 Å². The second-order valence-corrected chi connectivity index (χ2v) is 8.53. The highest BCUT2D eigenvalue weighted by molar-refractivity contribution is 5.90. The molecule has 0 saturated heterocycles. The number of fused-ring (bicyclic) bond motifs is 1. The Kier molecular flexibility index (Phi) is 6.37. The van der Waals surface area contributed by atoms with Crippen LogP contribution in [0.5, 0.6) is 0 Å². The van der Waals surface area contributed by atoms with Crippen molar-refractivity contribution in [1.29, 1.82) is 10.7 Å². The number of aryl methyl sites for hydroxylation is 1. The molecule has 5 heteroatoms. The minimum absolute atomic E-state index is 0.221. The van der Waals surface area contributed by atoms with Gasteiger partial charge in [0.15, 0.2) is 0 Å². The molecule has 0 aliphatic heterocycles. The summed E-state index contributed by atoms with van der Waals surface area (Å²) in [4.78, 5) is 4.99. The lowest BCUT2D eigenvalue weighted by molar-refractivity contribution is 0.123. The lowest BCUT2D eigenvalue weighted by Crippen LogP contribution is -2.28. The minimum Gasteiger partial charge on any atom is -0.343 e. The molecule has 0 aliphatic rings. The van der Waals surface area contributed by atoms with E-state index in [1.165, 1.54) is 11.8 Å². The summed E-state index contributed by atoms with van der Waals surface area (Å²) in [6.45, 7) is 4.13. The molecule has 4 rings (SSSR count). The van der Waals surface area contributed by atoms with Gasteiger partial charge in [-0.05, 0) is 62.2 Å². The molecule has 2 heterocycles. The zero-order chi connectivity index (χ0) is 23.4. The van der Waals surface area contributed by atoms with Crippen molar-refractivity contribution in [3.05, 3.63) is 78.0 Å². The van der Waals surface area contributed by atoms with Gasteiger partial charge >= 0.3 is 0 Å². The molecule has 4 aromatic rings. The Morgan fingerprint density at radius 3 is 2.42 bits per heavy atom. The third kappa shape index (κ3) is 4.70. The largest absolute Gasteiger partial charge is 0.343 e. The second-order valence-electron chi connectivity index (χ2n) is 8.53. The van der Waals surface area contributed by atoms with Crippen LogP contribution in [0.1, 0.15) is 37.3 Å². The quantitative estimate of drug-likeness (QED) is 0.298. The van der Waals surface area contributed by atoms with Gasteiger partial charge in [0.05, 0.1) is 34.9 Å². The van der Waals surface area contributed by atoms with Crippen molar-refractivity contribution >= 4 is 17.2 Å². The van der Waals surface area contributed by atoms with E-state index in [0.29, 0.717) is 24.8 Å². The smallest absolute Gasteiger partial charge is 0.128 e. The number of alkyl halides is 1. The van der Waals surface area contributed by atoms with E-state index < -0.39 is 5.67 Å². The molecule has 0 aliphatic carbocycles. The topological polar surface area (TPSA) is 65.5 Å². The number of hydrogen-bond acceptors (Lipinski definition) is 3. The molecule has 1 N–H and O–H groups in total. The fourth-order valence-electron chi connectivity index (χ4n) is 4.13. The highest BCUT2D eigenvalue weighted by Crippen LogP contribution is 2.35. The van der Waals surface area contributed by atoms with Crippen LogP contribution in [0.15, 0.2) is 66.9 Å². The summed E-state index contributed by atoms with van der Waals surface area (Å²) in [6.07, 6.45) is 4.31. The normalized spacial score (nSPS) is 12.9. The number of nitrogens with one attached hydrogen (secondary N) is 1. The standard InChI is InChI=1S/C28H27FN4/c1-3-28(29,14-4-15-30)19-33-16-13-25-26(33)17-24(22-11-7-21(18-31)8-12-22)27(32-25)23-9-5-20(2)6-10-23/h5-13,15-17,30H,3-4,14,19H2,1-2H3. The molecule has 0 amide bonds. The molecule has 0 bridgehead atoms. The molecule has 4 nitrogen and oxygen atoms in total. The fraction of sp³-hybridized carbons (Fsp3) is 0.250. The van der Waals surface area contributed by atoms with Crippen molar-refractivity contribution in [2.75, 3.05) is 0 Å². The van der Waals surface area contributed by atoms with E-state index in [0.717, 1.165) is 33.4 Å². The maximum Gasteiger partial charge on any atom is 0.128 e. The van der Waals surface area contributed by atoms with E-state index in [9.17, 15) is 5.26 Å². The number of aromatic nitrogens is 2. The third-order valence-electron chi connectivity index (χ3n) is 6.23. The second kappa shape index (κ2) is 9.38. The van der Waals surface area contributed by atoms with Crippen LogP contribution in [-0.4, -0.2) is 21.4 Å². The van der Waals surface area contributed by atoms with Crippen LogP contribution in [0.2, 0.25) is 0 Å². The number of nitriles is 1. The van der Waals surface area contributed by atoms with Crippen molar-refractivity contribution in [1.82, 2.24) is 9.55 Å². The Labute approximate surface area is 193 Å².